The van der Waals surface area contributed by atoms with E-state index < -0.39 is 0 Å². The van der Waals surface area contributed by atoms with Crippen molar-refractivity contribution in [2.24, 2.45) is 0 Å². The first-order chi connectivity index (χ1) is 10.8. The van der Waals surface area contributed by atoms with E-state index in [-0.39, 0.29) is 6.10 Å². The first-order valence-electron chi connectivity index (χ1n) is 8.37. The summed E-state index contributed by atoms with van der Waals surface area (Å²) in [4.78, 5) is 0. The largest absolute Gasteiger partial charge is 0.507 e. The van der Waals surface area contributed by atoms with Gasteiger partial charge in [-0.05, 0) is 93.8 Å². The highest BCUT2D eigenvalue weighted by atomic mass is 16.5. The lowest BCUT2D eigenvalue weighted by atomic mass is 9.87. The van der Waals surface area contributed by atoms with Crippen molar-refractivity contribution < 1.29 is 9.84 Å². The standard InChI is InChI=1S/C21H26O2/c1-11-9-12(2)20(22)18(10-11)19-8-7-17-15(5)13(3)14(4)16(6)21(17)23-19/h9-10,19,22H,7-8H2,1-6H3. The van der Waals surface area contributed by atoms with Crippen molar-refractivity contribution in [1.82, 2.24) is 0 Å². The van der Waals surface area contributed by atoms with E-state index in [0.717, 1.165) is 35.3 Å². The zero-order chi connectivity index (χ0) is 16.9. The number of aryl methyl sites for hydroxylation is 2. The summed E-state index contributed by atoms with van der Waals surface area (Å²) in [6.07, 6.45) is 1.84. The monoisotopic (exact) mass is 310 g/mol. The van der Waals surface area contributed by atoms with E-state index in [9.17, 15) is 5.11 Å². The van der Waals surface area contributed by atoms with Crippen molar-refractivity contribution in [3.8, 4) is 11.5 Å². The molecular weight excluding hydrogens is 284 g/mol. The molecule has 1 heterocycles. The molecule has 0 radical (unpaired) electrons. The molecule has 1 aliphatic rings. The van der Waals surface area contributed by atoms with Crippen LogP contribution in [0.1, 0.15) is 57.0 Å². The molecule has 23 heavy (non-hydrogen) atoms. The molecule has 0 bridgehead atoms. The van der Waals surface area contributed by atoms with Gasteiger partial charge in [0.2, 0.25) is 0 Å². The summed E-state index contributed by atoms with van der Waals surface area (Å²) in [5.74, 6) is 1.41. The molecule has 1 atom stereocenters. The minimum absolute atomic E-state index is 0.0682. The fourth-order valence-corrected chi connectivity index (χ4v) is 3.75. The van der Waals surface area contributed by atoms with Crippen molar-refractivity contribution in [1.29, 1.82) is 0 Å². The maximum absolute atomic E-state index is 10.5. The predicted octanol–water partition coefficient (Wildman–Crippen LogP) is 5.31. The van der Waals surface area contributed by atoms with Gasteiger partial charge in [-0.15, -0.1) is 0 Å². The molecule has 1 N–H and O–H groups in total. The molecule has 0 amide bonds. The number of phenolic OH excluding ortho intramolecular Hbond substituents is 1. The fourth-order valence-electron chi connectivity index (χ4n) is 3.75. The molecule has 0 saturated carbocycles. The van der Waals surface area contributed by atoms with Crippen LogP contribution in [-0.4, -0.2) is 5.11 Å². The molecule has 0 aromatic heterocycles. The van der Waals surface area contributed by atoms with Crippen molar-refractivity contribution in [3.63, 3.8) is 0 Å². The van der Waals surface area contributed by atoms with Crippen LogP contribution in [0, 0.1) is 41.5 Å². The van der Waals surface area contributed by atoms with E-state index in [4.69, 9.17) is 4.74 Å². The summed E-state index contributed by atoms with van der Waals surface area (Å²) in [6, 6.07) is 4.07. The van der Waals surface area contributed by atoms with E-state index in [1.807, 2.05) is 13.0 Å². The molecule has 1 unspecified atom stereocenters. The lowest BCUT2D eigenvalue weighted by Gasteiger charge is -2.31. The second kappa shape index (κ2) is 5.59. The van der Waals surface area contributed by atoms with Gasteiger partial charge < -0.3 is 9.84 Å². The lowest BCUT2D eigenvalue weighted by Crippen LogP contribution is -2.18. The molecule has 2 aromatic rings. The van der Waals surface area contributed by atoms with Gasteiger partial charge in [0.05, 0.1) is 0 Å². The third kappa shape index (κ3) is 2.50. The smallest absolute Gasteiger partial charge is 0.128 e. The van der Waals surface area contributed by atoms with E-state index in [2.05, 4.69) is 40.7 Å². The van der Waals surface area contributed by atoms with Crippen LogP contribution in [0.4, 0.5) is 0 Å². The predicted molar refractivity (Wildman–Crippen MR) is 94.7 cm³/mol. The number of benzene rings is 2. The molecular formula is C21H26O2. The van der Waals surface area contributed by atoms with E-state index in [0.29, 0.717) is 5.75 Å². The molecule has 122 valence electrons. The second-order valence-corrected chi connectivity index (χ2v) is 6.97. The lowest BCUT2D eigenvalue weighted by molar-refractivity contribution is 0.171. The molecule has 2 nitrogen and oxygen atoms in total. The quantitative estimate of drug-likeness (QED) is 0.773. The topological polar surface area (TPSA) is 29.5 Å². The highest BCUT2D eigenvalue weighted by molar-refractivity contribution is 5.56. The number of phenols is 1. The molecule has 0 aliphatic carbocycles. The second-order valence-electron chi connectivity index (χ2n) is 6.97. The molecule has 3 rings (SSSR count). The SMILES string of the molecule is Cc1cc(C)c(O)c(C2CCc3c(C)c(C)c(C)c(C)c3O2)c1. The van der Waals surface area contributed by atoms with Gasteiger partial charge in [0.15, 0.2) is 0 Å². The fraction of sp³-hybridized carbons (Fsp3) is 0.429. The van der Waals surface area contributed by atoms with E-state index in [1.165, 1.54) is 27.8 Å². The summed E-state index contributed by atoms with van der Waals surface area (Å²) < 4.78 is 6.40. The molecule has 2 aromatic carbocycles. The number of hydrogen-bond donors (Lipinski definition) is 1. The van der Waals surface area contributed by atoms with Crippen LogP contribution >= 0.6 is 0 Å². The minimum Gasteiger partial charge on any atom is -0.507 e. The zero-order valence-electron chi connectivity index (χ0n) is 15.0. The third-order valence-corrected chi connectivity index (χ3v) is 5.49. The van der Waals surface area contributed by atoms with E-state index >= 15 is 0 Å². The van der Waals surface area contributed by atoms with Crippen molar-refractivity contribution in [2.45, 2.75) is 60.5 Å². The van der Waals surface area contributed by atoms with Gasteiger partial charge in [0.1, 0.15) is 17.6 Å². The number of fused-ring (bicyclic) bond motifs is 1. The minimum atomic E-state index is -0.0682. The van der Waals surface area contributed by atoms with Gasteiger partial charge in [0, 0.05) is 5.56 Å². The molecule has 0 fully saturated rings. The van der Waals surface area contributed by atoms with Crippen LogP contribution in [0.15, 0.2) is 12.1 Å². The number of aromatic hydroxyl groups is 1. The van der Waals surface area contributed by atoms with Crippen LogP contribution in [0.3, 0.4) is 0 Å². The Morgan fingerprint density at radius 1 is 0.913 bits per heavy atom. The Labute approximate surface area is 139 Å². The Morgan fingerprint density at radius 2 is 1.57 bits per heavy atom. The maximum atomic E-state index is 10.5. The summed E-state index contributed by atoms with van der Waals surface area (Å²) in [5.41, 5.74) is 9.61. The first kappa shape index (κ1) is 15.9. The number of hydrogen-bond acceptors (Lipinski definition) is 2. The summed E-state index contributed by atoms with van der Waals surface area (Å²) >= 11 is 0. The van der Waals surface area contributed by atoms with Crippen molar-refractivity contribution in [2.75, 3.05) is 0 Å². The van der Waals surface area contributed by atoms with Crippen LogP contribution in [0.25, 0.3) is 0 Å². The van der Waals surface area contributed by atoms with Gasteiger partial charge in [0.25, 0.3) is 0 Å². The van der Waals surface area contributed by atoms with Gasteiger partial charge in [-0.2, -0.15) is 0 Å². The van der Waals surface area contributed by atoms with Crippen LogP contribution in [0.2, 0.25) is 0 Å². The Morgan fingerprint density at radius 3 is 2.26 bits per heavy atom. The van der Waals surface area contributed by atoms with Gasteiger partial charge in [-0.25, -0.2) is 0 Å². The van der Waals surface area contributed by atoms with Gasteiger partial charge in [-0.1, -0.05) is 11.6 Å². The Hall–Kier alpha value is -1.96. The Bertz CT molecular complexity index is 787. The summed E-state index contributed by atoms with van der Waals surface area (Å²) in [5, 5.41) is 10.5. The molecule has 1 aliphatic heterocycles. The molecule has 0 spiro atoms. The number of rotatable bonds is 1. The van der Waals surface area contributed by atoms with Crippen LogP contribution < -0.4 is 4.74 Å². The summed E-state index contributed by atoms with van der Waals surface area (Å²) in [6.45, 7) is 12.7. The average molecular weight is 310 g/mol. The van der Waals surface area contributed by atoms with Gasteiger partial charge in [-0.3, -0.25) is 0 Å². The highest BCUT2D eigenvalue weighted by Crippen LogP contribution is 2.43. The van der Waals surface area contributed by atoms with Gasteiger partial charge >= 0.3 is 0 Å². The highest BCUT2D eigenvalue weighted by Gasteiger charge is 2.28. The molecule has 2 heteroatoms. The van der Waals surface area contributed by atoms with Crippen molar-refractivity contribution >= 4 is 0 Å². The Balaban J connectivity index is 2.08. The normalized spacial score (nSPS) is 16.9. The third-order valence-electron chi connectivity index (χ3n) is 5.49. The number of ether oxygens (including phenoxy) is 1. The Kier molecular flexibility index (Phi) is 3.87. The van der Waals surface area contributed by atoms with E-state index in [1.54, 1.807) is 0 Å². The first-order valence-corrected chi connectivity index (χ1v) is 8.37. The molecule has 0 saturated heterocycles. The van der Waals surface area contributed by atoms with Crippen LogP contribution in [0.5, 0.6) is 11.5 Å². The average Bonchev–Trinajstić information content (AvgIpc) is 2.53. The zero-order valence-corrected chi connectivity index (χ0v) is 15.0. The maximum Gasteiger partial charge on any atom is 0.128 e. The summed E-state index contributed by atoms with van der Waals surface area (Å²) in [7, 11) is 0. The van der Waals surface area contributed by atoms with Crippen molar-refractivity contribution in [3.05, 3.63) is 56.6 Å². The van der Waals surface area contributed by atoms with Crippen LogP contribution in [-0.2, 0) is 6.42 Å².